The van der Waals surface area contributed by atoms with Crippen molar-refractivity contribution < 1.29 is 9.84 Å². The van der Waals surface area contributed by atoms with Crippen LogP contribution in [0.4, 0.5) is 0 Å². The van der Waals surface area contributed by atoms with Gasteiger partial charge in [0.1, 0.15) is 0 Å². The number of rotatable bonds is 6. The lowest BCUT2D eigenvalue weighted by atomic mass is 10.1. The van der Waals surface area contributed by atoms with E-state index in [1.807, 2.05) is 30.5 Å². The molecule has 0 aliphatic heterocycles. The van der Waals surface area contributed by atoms with Crippen LogP contribution >= 0.6 is 11.8 Å². The Kier molecular flexibility index (Phi) is 5.71. The number of hydrogen-bond acceptors (Lipinski definition) is 4. The second kappa shape index (κ2) is 6.85. The highest BCUT2D eigenvalue weighted by Crippen LogP contribution is 2.20. The zero-order chi connectivity index (χ0) is 11.1. The average molecular weight is 227 g/mol. The van der Waals surface area contributed by atoms with Gasteiger partial charge in [-0.25, -0.2) is 0 Å². The zero-order valence-corrected chi connectivity index (χ0v) is 9.67. The highest BCUT2D eigenvalue weighted by molar-refractivity contribution is 7.98. The molecule has 3 nitrogen and oxygen atoms in total. The van der Waals surface area contributed by atoms with Crippen LogP contribution in [0.2, 0.25) is 0 Å². The summed E-state index contributed by atoms with van der Waals surface area (Å²) in [6.07, 6.45) is 1.92. The van der Waals surface area contributed by atoms with Gasteiger partial charge in [0.15, 0.2) is 0 Å². The Bertz CT molecular complexity index is 276. The second-order valence-corrected chi connectivity index (χ2v) is 3.97. The number of thioether (sulfide) groups is 1. The van der Waals surface area contributed by atoms with E-state index in [1.54, 1.807) is 11.8 Å². The maximum Gasteiger partial charge on any atom is 0.0948 e. The van der Waals surface area contributed by atoms with Gasteiger partial charge in [-0.15, -0.1) is 11.8 Å². The highest BCUT2D eigenvalue weighted by atomic mass is 32.2. The van der Waals surface area contributed by atoms with Crippen LogP contribution in [-0.2, 0) is 4.74 Å². The van der Waals surface area contributed by atoms with Gasteiger partial charge >= 0.3 is 0 Å². The van der Waals surface area contributed by atoms with Gasteiger partial charge in [0, 0.05) is 11.4 Å². The number of nitrogens with two attached hydrogens (primary N) is 1. The third kappa shape index (κ3) is 3.83. The maximum atomic E-state index is 8.67. The predicted molar refractivity (Wildman–Crippen MR) is 63.1 cm³/mol. The Balaban J connectivity index is 2.65. The summed E-state index contributed by atoms with van der Waals surface area (Å²) in [5.74, 6) is 0. The number of aliphatic hydroxyl groups excluding tert-OH is 1. The smallest absolute Gasteiger partial charge is 0.0948 e. The Morgan fingerprint density at radius 2 is 2.07 bits per heavy atom. The molecular weight excluding hydrogens is 210 g/mol. The summed E-state index contributed by atoms with van der Waals surface area (Å²) >= 11 is 1.70. The van der Waals surface area contributed by atoms with Crippen LogP contribution in [0.3, 0.4) is 0 Å². The molecule has 1 rings (SSSR count). The first-order valence-electron chi connectivity index (χ1n) is 4.88. The van der Waals surface area contributed by atoms with Crippen molar-refractivity contribution in [2.24, 2.45) is 5.73 Å². The molecule has 0 bridgehead atoms. The van der Waals surface area contributed by atoms with Crippen molar-refractivity contribution in [2.45, 2.75) is 11.0 Å². The summed E-state index contributed by atoms with van der Waals surface area (Å²) in [4.78, 5) is 1.22. The molecule has 84 valence electrons. The summed E-state index contributed by atoms with van der Waals surface area (Å²) in [6.45, 7) is 0.782. The molecule has 0 saturated carbocycles. The van der Waals surface area contributed by atoms with Crippen LogP contribution in [0.5, 0.6) is 0 Å². The summed E-state index contributed by atoms with van der Waals surface area (Å²) in [7, 11) is 0. The van der Waals surface area contributed by atoms with E-state index in [4.69, 9.17) is 15.6 Å². The van der Waals surface area contributed by atoms with E-state index in [9.17, 15) is 0 Å². The second-order valence-electron chi connectivity index (χ2n) is 3.09. The first-order chi connectivity index (χ1) is 7.31. The largest absolute Gasteiger partial charge is 0.394 e. The fourth-order valence-electron chi connectivity index (χ4n) is 1.31. The molecule has 1 aromatic carbocycles. The van der Waals surface area contributed by atoms with Crippen LogP contribution in [-0.4, -0.2) is 31.1 Å². The minimum Gasteiger partial charge on any atom is -0.394 e. The van der Waals surface area contributed by atoms with E-state index in [2.05, 4.69) is 0 Å². The van der Waals surface area contributed by atoms with Crippen LogP contribution < -0.4 is 5.73 Å². The van der Waals surface area contributed by atoms with Gasteiger partial charge in [-0.05, 0) is 24.0 Å². The van der Waals surface area contributed by atoms with Gasteiger partial charge < -0.3 is 15.6 Å². The van der Waals surface area contributed by atoms with E-state index in [0.717, 1.165) is 5.56 Å². The van der Waals surface area contributed by atoms with Crippen LogP contribution in [0.15, 0.2) is 29.2 Å². The van der Waals surface area contributed by atoms with Crippen molar-refractivity contribution >= 4 is 11.8 Å². The monoisotopic (exact) mass is 227 g/mol. The van der Waals surface area contributed by atoms with Crippen molar-refractivity contribution in [2.75, 3.05) is 26.0 Å². The summed E-state index contributed by atoms with van der Waals surface area (Å²) < 4.78 is 5.42. The van der Waals surface area contributed by atoms with Crippen molar-refractivity contribution in [3.63, 3.8) is 0 Å². The molecule has 0 aliphatic rings. The molecule has 0 radical (unpaired) electrons. The molecule has 0 spiro atoms. The van der Waals surface area contributed by atoms with Gasteiger partial charge in [-0.3, -0.25) is 0 Å². The molecule has 0 aliphatic carbocycles. The van der Waals surface area contributed by atoms with E-state index >= 15 is 0 Å². The van der Waals surface area contributed by atoms with Crippen molar-refractivity contribution in [1.82, 2.24) is 0 Å². The third-order valence-electron chi connectivity index (χ3n) is 2.11. The Labute approximate surface area is 94.6 Å². The van der Waals surface area contributed by atoms with Gasteiger partial charge in [0.2, 0.25) is 0 Å². The van der Waals surface area contributed by atoms with Crippen LogP contribution in [0.1, 0.15) is 11.7 Å². The number of hydrogen-bond donors (Lipinski definition) is 2. The van der Waals surface area contributed by atoms with Crippen LogP contribution in [0.25, 0.3) is 0 Å². The van der Waals surface area contributed by atoms with Crippen molar-refractivity contribution in [1.29, 1.82) is 0 Å². The molecule has 1 unspecified atom stereocenters. The van der Waals surface area contributed by atoms with Crippen molar-refractivity contribution in [3.8, 4) is 0 Å². The minimum absolute atomic E-state index is 0.0272. The van der Waals surface area contributed by atoms with E-state index < -0.39 is 0 Å². The number of aliphatic hydroxyl groups is 1. The molecule has 0 saturated heterocycles. The molecule has 3 N–H and O–H groups in total. The van der Waals surface area contributed by atoms with Crippen LogP contribution in [0, 0.1) is 0 Å². The molecule has 4 heteroatoms. The average Bonchev–Trinajstić information content (AvgIpc) is 2.31. The topological polar surface area (TPSA) is 55.5 Å². The maximum absolute atomic E-state index is 8.67. The lowest BCUT2D eigenvalue weighted by molar-refractivity contribution is 0.0328. The number of benzene rings is 1. The lowest BCUT2D eigenvalue weighted by Crippen LogP contribution is -2.17. The molecular formula is C11H17NO2S. The third-order valence-corrected chi connectivity index (χ3v) is 2.86. The molecule has 15 heavy (non-hydrogen) atoms. The molecule has 0 heterocycles. The fraction of sp³-hybridized carbons (Fsp3) is 0.455. The first kappa shape index (κ1) is 12.5. The van der Waals surface area contributed by atoms with E-state index in [0.29, 0.717) is 13.2 Å². The quantitative estimate of drug-likeness (QED) is 0.722. The molecule has 0 fully saturated rings. The van der Waals surface area contributed by atoms with Gasteiger partial charge in [-0.2, -0.15) is 0 Å². The van der Waals surface area contributed by atoms with Gasteiger partial charge in [0.25, 0.3) is 0 Å². The minimum atomic E-state index is -0.118. The van der Waals surface area contributed by atoms with Crippen molar-refractivity contribution in [3.05, 3.63) is 29.8 Å². The normalized spacial score (nSPS) is 12.7. The molecule has 1 aromatic rings. The first-order valence-corrected chi connectivity index (χ1v) is 6.10. The van der Waals surface area contributed by atoms with E-state index in [-0.39, 0.29) is 12.7 Å². The fourth-order valence-corrected chi connectivity index (χ4v) is 1.72. The Morgan fingerprint density at radius 1 is 1.40 bits per heavy atom. The van der Waals surface area contributed by atoms with Gasteiger partial charge in [-0.1, -0.05) is 12.1 Å². The summed E-state index contributed by atoms with van der Waals surface area (Å²) in [5, 5.41) is 8.67. The number of ether oxygens (including phenoxy) is 1. The Morgan fingerprint density at radius 3 is 2.53 bits per heavy atom. The lowest BCUT2D eigenvalue weighted by Gasteiger charge is -2.15. The van der Waals surface area contributed by atoms with E-state index in [1.165, 1.54) is 4.90 Å². The highest BCUT2D eigenvalue weighted by Gasteiger charge is 2.09. The standard InChI is InChI=1S/C11H17NO2S/c1-15-10-4-2-9(3-5-10)11(8-12)14-7-6-13/h2-5,11,13H,6-8,12H2,1H3. The predicted octanol–water partition coefficient (Wildman–Crippen LogP) is 1.42. The molecule has 0 aromatic heterocycles. The Hall–Kier alpha value is -0.550. The molecule has 1 atom stereocenters. The molecule has 0 amide bonds. The summed E-state index contributed by atoms with van der Waals surface area (Å²) in [6, 6.07) is 8.12. The SMILES string of the molecule is CSc1ccc(C(CN)OCCO)cc1. The summed E-state index contributed by atoms with van der Waals surface area (Å²) in [5.41, 5.74) is 6.66. The zero-order valence-electron chi connectivity index (χ0n) is 8.85. The van der Waals surface area contributed by atoms with Gasteiger partial charge in [0.05, 0.1) is 19.3 Å².